The van der Waals surface area contributed by atoms with Crippen molar-refractivity contribution in [3.8, 4) is 0 Å². The lowest BCUT2D eigenvalue weighted by molar-refractivity contribution is -0.384. The lowest BCUT2D eigenvalue weighted by atomic mass is 10.3. The maximum Gasteiger partial charge on any atom is 0.270 e. The summed E-state index contributed by atoms with van der Waals surface area (Å²) in [6.07, 6.45) is 1.44. The van der Waals surface area contributed by atoms with Crippen LogP contribution in [0, 0.1) is 10.1 Å². The highest BCUT2D eigenvalue weighted by atomic mass is 35.5. The fourth-order valence-electron chi connectivity index (χ4n) is 2.87. The Kier molecular flexibility index (Phi) is 5.62. The topological polar surface area (TPSA) is 123 Å². The van der Waals surface area contributed by atoms with E-state index in [1.807, 2.05) is 12.1 Å². The molecule has 0 amide bonds. The monoisotopic (exact) mass is 474 g/mol. The van der Waals surface area contributed by atoms with E-state index in [4.69, 9.17) is 11.6 Å². The fourth-order valence-corrected chi connectivity index (χ4v) is 5.05. The summed E-state index contributed by atoms with van der Waals surface area (Å²) in [4.78, 5) is 23.5. The van der Waals surface area contributed by atoms with Gasteiger partial charge in [0, 0.05) is 17.4 Å². The highest BCUT2D eigenvalue weighted by Gasteiger charge is 2.17. The van der Waals surface area contributed by atoms with Crippen molar-refractivity contribution in [1.82, 2.24) is 15.0 Å². The van der Waals surface area contributed by atoms with Gasteiger partial charge < -0.3 is 9.88 Å². The predicted octanol–water partition coefficient (Wildman–Crippen LogP) is 5.38. The van der Waals surface area contributed by atoms with Crippen LogP contribution < -0.4 is 15.9 Å². The second-order valence-corrected chi connectivity index (χ2v) is 11.6. The van der Waals surface area contributed by atoms with Crippen LogP contribution in [-0.4, -0.2) is 33.2 Å². The molecule has 2 aromatic heterocycles. The van der Waals surface area contributed by atoms with Gasteiger partial charge in [0.15, 0.2) is 10.9 Å². The Balaban J connectivity index is 1.63. The molecule has 0 bridgehead atoms. The van der Waals surface area contributed by atoms with Crippen molar-refractivity contribution < 1.29 is 9.49 Å². The van der Waals surface area contributed by atoms with Crippen molar-refractivity contribution in [2.45, 2.75) is 0 Å². The van der Waals surface area contributed by atoms with Crippen LogP contribution in [-0.2, 0) is 4.57 Å². The lowest BCUT2D eigenvalue weighted by Crippen LogP contribution is -2.10. The smallest absolute Gasteiger partial charge is 0.270 e. The average molecular weight is 475 g/mol. The molecular formula is C19H16ClN6O3PS. The summed E-state index contributed by atoms with van der Waals surface area (Å²) >= 11 is 7.51. The maximum atomic E-state index is 12.6. The number of para-hydroxylation sites is 1. The zero-order valence-electron chi connectivity index (χ0n) is 16.4. The number of nitrogens with zero attached hydrogens (tertiary/aromatic N) is 4. The van der Waals surface area contributed by atoms with E-state index in [1.54, 1.807) is 31.5 Å². The lowest BCUT2D eigenvalue weighted by Gasteiger charge is -2.15. The molecule has 12 heteroatoms. The van der Waals surface area contributed by atoms with E-state index in [9.17, 15) is 14.7 Å². The Morgan fingerprint density at radius 3 is 2.65 bits per heavy atom. The molecule has 0 unspecified atom stereocenters. The molecule has 4 aromatic rings. The largest absolute Gasteiger partial charge is 0.338 e. The molecule has 0 aliphatic heterocycles. The van der Waals surface area contributed by atoms with Gasteiger partial charge in [0.1, 0.15) is 12.2 Å². The first-order valence-corrected chi connectivity index (χ1v) is 12.8. The zero-order chi connectivity index (χ0) is 22.2. The predicted molar refractivity (Wildman–Crippen MR) is 125 cm³/mol. The van der Waals surface area contributed by atoms with E-state index in [0.717, 1.165) is 0 Å². The molecule has 31 heavy (non-hydrogen) atoms. The van der Waals surface area contributed by atoms with Gasteiger partial charge in [0.25, 0.3) is 5.69 Å². The van der Waals surface area contributed by atoms with Gasteiger partial charge >= 0.3 is 0 Å². The summed E-state index contributed by atoms with van der Waals surface area (Å²) in [6.45, 7) is 3.39. The van der Waals surface area contributed by atoms with E-state index >= 15 is 0 Å². The molecule has 0 atom stereocenters. The van der Waals surface area contributed by atoms with Crippen LogP contribution in [0.25, 0.3) is 10.2 Å². The number of hydrogen-bond donors (Lipinski definition) is 2. The molecule has 0 saturated heterocycles. The van der Waals surface area contributed by atoms with E-state index in [0.29, 0.717) is 37.2 Å². The van der Waals surface area contributed by atoms with Crippen LogP contribution in [0.1, 0.15) is 0 Å². The second kappa shape index (κ2) is 8.22. The number of benzene rings is 2. The number of nitro groups is 1. The molecule has 0 radical (unpaired) electrons. The molecule has 2 heterocycles. The summed E-state index contributed by atoms with van der Waals surface area (Å²) < 4.78 is 13.3. The minimum absolute atomic E-state index is 0.000248. The zero-order valence-corrected chi connectivity index (χ0v) is 18.8. The Bertz CT molecular complexity index is 1360. The van der Waals surface area contributed by atoms with Gasteiger partial charge in [-0.3, -0.25) is 15.4 Å². The average Bonchev–Trinajstić information content (AvgIpc) is 3.11. The van der Waals surface area contributed by atoms with Gasteiger partial charge in [-0.15, -0.1) is 0 Å². The maximum absolute atomic E-state index is 12.6. The van der Waals surface area contributed by atoms with Crippen LogP contribution in [0.2, 0.25) is 5.02 Å². The normalized spacial score (nSPS) is 11.5. The Labute approximate surface area is 186 Å². The third-order valence-electron chi connectivity index (χ3n) is 4.28. The van der Waals surface area contributed by atoms with E-state index in [-0.39, 0.29) is 11.6 Å². The van der Waals surface area contributed by atoms with Gasteiger partial charge in [0.2, 0.25) is 5.95 Å². The van der Waals surface area contributed by atoms with Crippen LogP contribution in [0.3, 0.4) is 0 Å². The summed E-state index contributed by atoms with van der Waals surface area (Å²) in [5, 5.41) is 18.6. The first kappa shape index (κ1) is 21.2. The van der Waals surface area contributed by atoms with E-state index < -0.39 is 12.1 Å². The molecule has 0 spiro atoms. The summed E-state index contributed by atoms with van der Waals surface area (Å²) in [5.41, 5.74) is 1.27. The number of nitro benzene ring substituents is 1. The number of nitrogens with one attached hydrogen (secondary N) is 2. The van der Waals surface area contributed by atoms with Crippen molar-refractivity contribution in [1.29, 1.82) is 0 Å². The first-order valence-electron chi connectivity index (χ1n) is 8.97. The number of thiazole rings is 1. The molecule has 0 aliphatic rings. The summed E-state index contributed by atoms with van der Waals surface area (Å²) in [7, 11) is -2.52. The molecule has 0 saturated carbocycles. The molecule has 0 aliphatic carbocycles. The Hall–Kier alpha value is -3.07. The summed E-state index contributed by atoms with van der Waals surface area (Å²) in [6, 6.07) is 11.7. The van der Waals surface area contributed by atoms with Crippen LogP contribution in [0.5, 0.6) is 0 Å². The van der Waals surface area contributed by atoms with Gasteiger partial charge in [-0.1, -0.05) is 35.1 Å². The number of rotatable bonds is 6. The SMILES string of the molecule is CP(C)(=O)c1ccccc1Nc1nc(Nc2nc3ccc([N+](=O)[O-])cc3s2)ncc1Cl. The number of non-ortho nitro benzene ring substituents is 1. The molecule has 2 N–H and O–H groups in total. The first-order chi connectivity index (χ1) is 14.7. The number of aromatic nitrogens is 3. The Morgan fingerprint density at radius 1 is 1.13 bits per heavy atom. The number of hydrogen-bond acceptors (Lipinski definition) is 9. The number of fused-ring (bicyclic) bond motifs is 1. The molecule has 9 nitrogen and oxygen atoms in total. The van der Waals surface area contributed by atoms with Gasteiger partial charge in [-0.2, -0.15) is 4.98 Å². The van der Waals surface area contributed by atoms with Crippen molar-refractivity contribution in [2.75, 3.05) is 24.0 Å². The van der Waals surface area contributed by atoms with Gasteiger partial charge in [-0.25, -0.2) is 9.97 Å². The van der Waals surface area contributed by atoms with E-state index in [2.05, 4.69) is 25.6 Å². The minimum atomic E-state index is -2.52. The van der Waals surface area contributed by atoms with Gasteiger partial charge in [0.05, 0.1) is 27.0 Å². The third-order valence-corrected chi connectivity index (χ3v) is 7.04. The highest BCUT2D eigenvalue weighted by molar-refractivity contribution is 7.70. The van der Waals surface area contributed by atoms with Crippen molar-refractivity contribution >= 4 is 73.9 Å². The molecule has 158 valence electrons. The molecule has 0 fully saturated rings. The Morgan fingerprint density at radius 2 is 1.90 bits per heavy atom. The van der Waals surface area contributed by atoms with E-state index in [1.165, 1.54) is 29.7 Å². The third kappa shape index (κ3) is 4.66. The van der Waals surface area contributed by atoms with Crippen molar-refractivity contribution in [3.05, 3.63) is 63.8 Å². The second-order valence-electron chi connectivity index (χ2n) is 6.94. The van der Waals surface area contributed by atoms with Crippen LogP contribution in [0.4, 0.5) is 28.3 Å². The minimum Gasteiger partial charge on any atom is -0.338 e. The van der Waals surface area contributed by atoms with Crippen molar-refractivity contribution in [2.24, 2.45) is 0 Å². The quantitative estimate of drug-likeness (QED) is 0.217. The highest BCUT2D eigenvalue weighted by Crippen LogP contribution is 2.38. The molecular weight excluding hydrogens is 459 g/mol. The standard InChI is InChI=1S/C19H16ClN6O3PS/c1-30(2,29)15-6-4-3-5-13(15)22-17-12(20)10-21-18(24-17)25-19-23-14-8-7-11(26(27)28)9-16(14)31-19/h3-10H,1-2H3,(H2,21,22,23,24,25). The molecule has 4 rings (SSSR count). The van der Waals surface area contributed by atoms with Gasteiger partial charge in [-0.05, 0) is 31.5 Å². The van der Waals surface area contributed by atoms with Crippen molar-refractivity contribution in [3.63, 3.8) is 0 Å². The fraction of sp³-hybridized carbons (Fsp3) is 0.105. The number of halogens is 1. The summed E-state index contributed by atoms with van der Waals surface area (Å²) in [5.74, 6) is 0.589. The van der Waals surface area contributed by atoms with Crippen LogP contribution >= 0.6 is 30.1 Å². The number of anilines is 4. The molecule has 2 aromatic carbocycles. The van der Waals surface area contributed by atoms with Crippen LogP contribution in [0.15, 0.2) is 48.7 Å².